The van der Waals surface area contributed by atoms with Gasteiger partial charge in [-0.05, 0) is 12.3 Å². The van der Waals surface area contributed by atoms with E-state index in [2.05, 4.69) is 29.1 Å². The van der Waals surface area contributed by atoms with Crippen molar-refractivity contribution in [2.24, 2.45) is 5.92 Å². The summed E-state index contributed by atoms with van der Waals surface area (Å²) in [6.45, 7) is 5.49. The number of anilines is 2. The molecule has 1 aromatic heterocycles. The molecule has 96 valence electrons. The number of nitrogens with one attached hydrogen (secondary N) is 1. The predicted octanol–water partition coefficient (Wildman–Crippen LogP) is 3.08. The van der Waals surface area contributed by atoms with Gasteiger partial charge in [0, 0.05) is 6.54 Å². The molecule has 0 fully saturated rings. The molecule has 0 amide bonds. The van der Waals surface area contributed by atoms with Crippen LogP contribution in [0, 0.1) is 5.92 Å². The average Bonchev–Trinajstić information content (AvgIpc) is 2.30. The molecule has 4 heteroatoms. The van der Waals surface area contributed by atoms with Crippen molar-refractivity contribution in [1.29, 1.82) is 0 Å². The minimum absolute atomic E-state index is 0.618. The molecule has 0 atom stereocenters. The number of rotatable bonds is 8. The smallest absolute Gasteiger partial charge is 0.152 e. The van der Waals surface area contributed by atoms with Gasteiger partial charge in [-0.15, -0.1) is 0 Å². The van der Waals surface area contributed by atoms with Crippen molar-refractivity contribution in [3.8, 4) is 0 Å². The van der Waals surface area contributed by atoms with E-state index in [1.165, 1.54) is 38.4 Å². The summed E-state index contributed by atoms with van der Waals surface area (Å²) < 4.78 is 0. The molecular weight excluding hydrogens is 212 g/mol. The Bertz CT molecular complexity index is 312. The molecule has 1 aromatic rings. The van der Waals surface area contributed by atoms with Crippen molar-refractivity contribution in [3.63, 3.8) is 0 Å². The molecule has 0 aliphatic carbocycles. The Morgan fingerprint density at radius 2 is 2.00 bits per heavy atom. The number of hydrogen-bond acceptors (Lipinski definition) is 4. The molecule has 4 nitrogen and oxygen atoms in total. The van der Waals surface area contributed by atoms with Gasteiger partial charge in [-0.25, -0.2) is 9.97 Å². The van der Waals surface area contributed by atoms with E-state index in [1.807, 2.05) is 0 Å². The maximum Gasteiger partial charge on any atom is 0.152 e. The normalized spacial score (nSPS) is 10.8. The van der Waals surface area contributed by atoms with Gasteiger partial charge in [0.15, 0.2) is 5.82 Å². The standard InChI is InChI=1S/C13H24N4/c1-11(2)7-5-3-4-6-8-16-13-12(14)9-15-10-17-13/h9-11H,3-8,14H2,1-2H3,(H,15,16,17). The van der Waals surface area contributed by atoms with Crippen LogP contribution >= 0.6 is 0 Å². The van der Waals surface area contributed by atoms with Crippen LogP contribution in [-0.2, 0) is 0 Å². The lowest BCUT2D eigenvalue weighted by atomic mass is 10.0. The number of nitrogens with zero attached hydrogens (tertiary/aromatic N) is 2. The Labute approximate surface area is 104 Å². The molecule has 0 aliphatic rings. The van der Waals surface area contributed by atoms with Crippen molar-refractivity contribution < 1.29 is 0 Å². The zero-order valence-corrected chi connectivity index (χ0v) is 10.9. The fourth-order valence-electron chi connectivity index (χ4n) is 1.73. The lowest BCUT2D eigenvalue weighted by molar-refractivity contribution is 0.523. The van der Waals surface area contributed by atoms with E-state index in [9.17, 15) is 0 Å². The summed E-state index contributed by atoms with van der Waals surface area (Å²) in [6, 6.07) is 0. The number of nitrogen functional groups attached to an aromatic ring is 1. The maximum absolute atomic E-state index is 5.73. The second-order valence-corrected chi connectivity index (χ2v) is 4.85. The van der Waals surface area contributed by atoms with Gasteiger partial charge >= 0.3 is 0 Å². The largest absolute Gasteiger partial charge is 0.394 e. The molecule has 1 heterocycles. The van der Waals surface area contributed by atoms with Gasteiger partial charge in [-0.1, -0.05) is 39.5 Å². The van der Waals surface area contributed by atoms with E-state index in [0.29, 0.717) is 5.69 Å². The van der Waals surface area contributed by atoms with Crippen molar-refractivity contribution in [1.82, 2.24) is 9.97 Å². The summed E-state index contributed by atoms with van der Waals surface area (Å²) in [5.74, 6) is 1.58. The van der Waals surface area contributed by atoms with E-state index < -0.39 is 0 Å². The molecule has 0 aliphatic heterocycles. The minimum Gasteiger partial charge on any atom is -0.394 e. The monoisotopic (exact) mass is 236 g/mol. The number of aromatic nitrogens is 2. The quantitative estimate of drug-likeness (QED) is 0.681. The van der Waals surface area contributed by atoms with Gasteiger partial charge in [0.1, 0.15) is 6.33 Å². The van der Waals surface area contributed by atoms with Crippen molar-refractivity contribution in [2.75, 3.05) is 17.6 Å². The molecule has 1 rings (SSSR count). The van der Waals surface area contributed by atoms with E-state index in [4.69, 9.17) is 5.73 Å². The highest BCUT2D eigenvalue weighted by Gasteiger charge is 1.98. The molecule has 0 saturated heterocycles. The first-order chi connectivity index (χ1) is 8.20. The molecule has 0 bridgehead atoms. The number of nitrogens with two attached hydrogens (primary N) is 1. The summed E-state index contributed by atoms with van der Waals surface area (Å²) in [6.07, 6.45) is 9.57. The summed E-state index contributed by atoms with van der Waals surface area (Å²) in [5, 5.41) is 3.24. The van der Waals surface area contributed by atoms with Crippen molar-refractivity contribution in [3.05, 3.63) is 12.5 Å². The Morgan fingerprint density at radius 3 is 2.71 bits per heavy atom. The van der Waals surface area contributed by atoms with Crippen LogP contribution in [0.2, 0.25) is 0 Å². The third-order valence-corrected chi connectivity index (χ3v) is 2.74. The summed E-state index contributed by atoms with van der Waals surface area (Å²) in [4.78, 5) is 7.94. The summed E-state index contributed by atoms with van der Waals surface area (Å²) >= 11 is 0. The lowest BCUT2D eigenvalue weighted by Crippen LogP contribution is -2.06. The third kappa shape index (κ3) is 6.09. The fourth-order valence-corrected chi connectivity index (χ4v) is 1.73. The molecule has 17 heavy (non-hydrogen) atoms. The Balaban J connectivity index is 2.03. The number of hydrogen-bond donors (Lipinski definition) is 2. The highest BCUT2D eigenvalue weighted by atomic mass is 15.0. The topological polar surface area (TPSA) is 63.8 Å². The van der Waals surface area contributed by atoms with Crippen molar-refractivity contribution >= 4 is 11.5 Å². The van der Waals surface area contributed by atoms with Crippen LogP contribution in [0.4, 0.5) is 11.5 Å². The number of unbranched alkanes of at least 4 members (excludes halogenated alkanes) is 3. The SMILES string of the molecule is CC(C)CCCCCCNc1ncncc1N. The second kappa shape index (κ2) is 7.87. The van der Waals surface area contributed by atoms with Gasteiger partial charge in [0.05, 0.1) is 11.9 Å². The zero-order valence-electron chi connectivity index (χ0n) is 10.9. The maximum atomic E-state index is 5.73. The molecule has 3 N–H and O–H groups in total. The van der Waals surface area contributed by atoms with Crippen LogP contribution in [0.25, 0.3) is 0 Å². The van der Waals surface area contributed by atoms with Gasteiger partial charge < -0.3 is 11.1 Å². The highest BCUT2D eigenvalue weighted by molar-refractivity contribution is 5.58. The third-order valence-electron chi connectivity index (χ3n) is 2.74. The zero-order chi connectivity index (χ0) is 12.5. The van der Waals surface area contributed by atoms with Gasteiger partial charge in [0.2, 0.25) is 0 Å². The first kappa shape index (κ1) is 13.7. The Kier molecular flexibility index (Phi) is 6.37. The van der Waals surface area contributed by atoms with Crippen LogP contribution in [0.5, 0.6) is 0 Å². The molecule has 0 radical (unpaired) electrons. The van der Waals surface area contributed by atoms with Gasteiger partial charge in [-0.3, -0.25) is 0 Å². The second-order valence-electron chi connectivity index (χ2n) is 4.85. The summed E-state index contributed by atoms with van der Waals surface area (Å²) in [7, 11) is 0. The summed E-state index contributed by atoms with van der Waals surface area (Å²) in [5.41, 5.74) is 6.35. The van der Waals surface area contributed by atoms with Gasteiger partial charge in [-0.2, -0.15) is 0 Å². The average molecular weight is 236 g/mol. The molecule has 0 saturated carbocycles. The van der Waals surface area contributed by atoms with Crippen LogP contribution in [-0.4, -0.2) is 16.5 Å². The van der Waals surface area contributed by atoms with Gasteiger partial charge in [0.25, 0.3) is 0 Å². The van der Waals surface area contributed by atoms with Crippen molar-refractivity contribution in [2.45, 2.75) is 46.0 Å². The predicted molar refractivity (Wildman–Crippen MR) is 72.9 cm³/mol. The van der Waals surface area contributed by atoms with E-state index in [-0.39, 0.29) is 0 Å². The van der Waals surface area contributed by atoms with E-state index >= 15 is 0 Å². The van der Waals surface area contributed by atoms with Crippen LogP contribution in [0.15, 0.2) is 12.5 Å². The molecule has 0 spiro atoms. The lowest BCUT2D eigenvalue weighted by Gasteiger charge is -2.07. The van der Waals surface area contributed by atoms with E-state index in [0.717, 1.165) is 18.3 Å². The molecular formula is C13H24N4. The fraction of sp³-hybridized carbons (Fsp3) is 0.692. The minimum atomic E-state index is 0.618. The highest BCUT2D eigenvalue weighted by Crippen LogP contribution is 2.12. The van der Waals surface area contributed by atoms with Crippen LogP contribution in [0.3, 0.4) is 0 Å². The Hall–Kier alpha value is -1.32. The van der Waals surface area contributed by atoms with Crippen LogP contribution < -0.4 is 11.1 Å². The van der Waals surface area contributed by atoms with Crippen LogP contribution in [0.1, 0.15) is 46.0 Å². The Morgan fingerprint density at radius 1 is 1.24 bits per heavy atom. The molecule has 0 aromatic carbocycles. The molecule has 0 unspecified atom stereocenters. The van der Waals surface area contributed by atoms with E-state index in [1.54, 1.807) is 6.20 Å². The first-order valence-electron chi connectivity index (χ1n) is 6.49. The first-order valence-corrected chi connectivity index (χ1v) is 6.49.